The number of rotatable bonds is 2. The third-order valence-corrected chi connectivity index (χ3v) is 6.24. The molecule has 0 radical (unpaired) electrons. The van der Waals surface area contributed by atoms with Crippen molar-refractivity contribution in [3.8, 4) is 11.3 Å². The second-order valence-corrected chi connectivity index (χ2v) is 8.02. The van der Waals surface area contributed by atoms with Crippen LogP contribution in [0.4, 0.5) is 5.69 Å². The van der Waals surface area contributed by atoms with Gasteiger partial charge in [-0.15, -0.1) is 11.3 Å². The molecule has 1 aliphatic rings. The highest BCUT2D eigenvalue weighted by atomic mass is 32.1. The molecule has 1 aromatic carbocycles. The minimum absolute atomic E-state index is 0.00378. The number of anilines is 1. The molecule has 1 amide bonds. The predicted molar refractivity (Wildman–Crippen MR) is 112 cm³/mol. The van der Waals surface area contributed by atoms with Crippen molar-refractivity contribution >= 4 is 44.2 Å². The van der Waals surface area contributed by atoms with E-state index in [9.17, 15) is 4.79 Å². The first kappa shape index (κ1) is 17.1. The molecular formula is C21H19N5OS. The van der Waals surface area contributed by atoms with E-state index in [4.69, 9.17) is 10.7 Å². The van der Waals surface area contributed by atoms with Crippen molar-refractivity contribution in [2.45, 2.75) is 19.3 Å². The van der Waals surface area contributed by atoms with Crippen molar-refractivity contribution in [3.63, 3.8) is 0 Å². The number of nitrogen functional groups attached to an aromatic ring is 1. The molecule has 7 heteroatoms. The Morgan fingerprint density at radius 1 is 1.07 bits per heavy atom. The van der Waals surface area contributed by atoms with Gasteiger partial charge in [-0.2, -0.15) is 0 Å². The number of hydrogen-bond acceptors (Lipinski definition) is 6. The van der Waals surface area contributed by atoms with E-state index in [0.717, 1.165) is 48.1 Å². The summed E-state index contributed by atoms with van der Waals surface area (Å²) in [4.78, 5) is 29.7. The third kappa shape index (κ3) is 2.88. The second kappa shape index (κ2) is 6.83. The Morgan fingerprint density at radius 2 is 1.89 bits per heavy atom. The molecule has 5 rings (SSSR count). The van der Waals surface area contributed by atoms with Crippen molar-refractivity contribution in [2.75, 3.05) is 18.8 Å². The highest BCUT2D eigenvalue weighted by molar-refractivity contribution is 7.21. The predicted octanol–water partition coefficient (Wildman–Crippen LogP) is 4.11. The molecule has 140 valence electrons. The van der Waals surface area contributed by atoms with E-state index in [-0.39, 0.29) is 5.91 Å². The highest BCUT2D eigenvalue weighted by Crippen LogP contribution is 2.34. The van der Waals surface area contributed by atoms with E-state index in [2.05, 4.69) is 16.0 Å². The van der Waals surface area contributed by atoms with Crippen LogP contribution in [0.2, 0.25) is 0 Å². The molecule has 0 spiro atoms. The molecule has 3 aromatic heterocycles. The maximum atomic E-state index is 12.9. The van der Waals surface area contributed by atoms with Crippen LogP contribution in [0.25, 0.3) is 32.5 Å². The van der Waals surface area contributed by atoms with Gasteiger partial charge in [0.05, 0.1) is 23.1 Å². The lowest BCUT2D eigenvalue weighted by Gasteiger charge is -2.26. The number of hydrogen-bond donors (Lipinski definition) is 1. The van der Waals surface area contributed by atoms with Crippen molar-refractivity contribution in [3.05, 3.63) is 47.6 Å². The van der Waals surface area contributed by atoms with E-state index in [1.807, 2.05) is 29.2 Å². The number of nitrogens with zero attached hydrogens (tertiary/aromatic N) is 4. The number of fused-ring (bicyclic) bond motifs is 2. The lowest BCUT2D eigenvalue weighted by molar-refractivity contribution is 0.0730. The summed E-state index contributed by atoms with van der Waals surface area (Å²) in [7, 11) is 0. The summed E-state index contributed by atoms with van der Waals surface area (Å²) in [5.74, 6) is -0.00378. The topological polar surface area (TPSA) is 85.0 Å². The van der Waals surface area contributed by atoms with Crippen LogP contribution in [0.5, 0.6) is 0 Å². The second-order valence-electron chi connectivity index (χ2n) is 7.02. The Labute approximate surface area is 166 Å². The molecule has 4 heterocycles. The molecular weight excluding hydrogens is 370 g/mol. The number of thiophene rings is 1. The van der Waals surface area contributed by atoms with Gasteiger partial charge in [-0.1, -0.05) is 18.2 Å². The molecule has 0 aliphatic carbocycles. The van der Waals surface area contributed by atoms with Crippen molar-refractivity contribution in [1.29, 1.82) is 0 Å². The van der Waals surface area contributed by atoms with Gasteiger partial charge >= 0.3 is 0 Å². The molecule has 2 N–H and O–H groups in total. The fourth-order valence-corrected chi connectivity index (χ4v) is 4.66. The number of benzene rings is 1. The van der Waals surface area contributed by atoms with Gasteiger partial charge in [0.1, 0.15) is 15.2 Å². The van der Waals surface area contributed by atoms with Crippen LogP contribution < -0.4 is 5.73 Å². The average Bonchev–Trinajstić information content (AvgIpc) is 3.09. The van der Waals surface area contributed by atoms with Crippen molar-refractivity contribution in [2.24, 2.45) is 0 Å². The van der Waals surface area contributed by atoms with Crippen molar-refractivity contribution in [1.82, 2.24) is 19.9 Å². The molecule has 28 heavy (non-hydrogen) atoms. The Kier molecular flexibility index (Phi) is 4.16. The number of aromatic nitrogens is 3. The zero-order chi connectivity index (χ0) is 19.1. The first-order valence-electron chi connectivity index (χ1n) is 9.40. The minimum atomic E-state index is -0.00378. The van der Waals surface area contributed by atoms with Crippen LogP contribution in [0.3, 0.4) is 0 Å². The van der Waals surface area contributed by atoms with Crippen LogP contribution in [0, 0.1) is 0 Å². The Morgan fingerprint density at radius 3 is 2.75 bits per heavy atom. The normalized spacial score (nSPS) is 14.6. The number of nitrogens with two attached hydrogens (primary N) is 1. The Hall–Kier alpha value is -3.06. The van der Waals surface area contributed by atoms with E-state index < -0.39 is 0 Å². The lowest BCUT2D eigenvalue weighted by atomic mass is 10.1. The maximum absolute atomic E-state index is 12.9. The number of likely N-dealkylation sites (tertiary alicyclic amines) is 1. The van der Waals surface area contributed by atoms with Crippen LogP contribution >= 0.6 is 11.3 Å². The van der Waals surface area contributed by atoms with Gasteiger partial charge in [-0.3, -0.25) is 9.78 Å². The largest absolute Gasteiger partial charge is 0.396 e. The van der Waals surface area contributed by atoms with Crippen LogP contribution in [0.1, 0.15) is 28.9 Å². The third-order valence-electron chi connectivity index (χ3n) is 5.16. The monoisotopic (exact) mass is 389 g/mol. The van der Waals surface area contributed by atoms with E-state index >= 15 is 0 Å². The maximum Gasteiger partial charge on any atom is 0.266 e. The number of carbonyl (C=O) groups is 1. The van der Waals surface area contributed by atoms with E-state index in [1.165, 1.54) is 17.8 Å². The van der Waals surface area contributed by atoms with Gasteiger partial charge in [0, 0.05) is 30.2 Å². The van der Waals surface area contributed by atoms with Gasteiger partial charge in [-0.25, -0.2) is 9.97 Å². The molecule has 1 saturated heterocycles. The minimum Gasteiger partial charge on any atom is -0.396 e. The summed E-state index contributed by atoms with van der Waals surface area (Å²) >= 11 is 1.33. The van der Waals surface area contributed by atoms with Crippen LogP contribution in [-0.2, 0) is 0 Å². The zero-order valence-corrected chi connectivity index (χ0v) is 16.1. The number of piperidine rings is 1. The van der Waals surface area contributed by atoms with Gasteiger partial charge in [0.15, 0.2) is 0 Å². The van der Waals surface area contributed by atoms with Crippen LogP contribution in [-0.4, -0.2) is 38.8 Å². The van der Waals surface area contributed by atoms with Gasteiger partial charge in [0.25, 0.3) is 5.91 Å². The van der Waals surface area contributed by atoms with Gasteiger partial charge < -0.3 is 10.6 Å². The van der Waals surface area contributed by atoms with Crippen molar-refractivity contribution < 1.29 is 4.79 Å². The molecule has 0 unspecified atom stereocenters. The first-order valence-corrected chi connectivity index (χ1v) is 10.2. The van der Waals surface area contributed by atoms with Gasteiger partial charge in [0.2, 0.25) is 0 Å². The number of carbonyl (C=O) groups excluding carboxylic acids is 1. The fraction of sp³-hybridized carbons (Fsp3) is 0.238. The Balaban J connectivity index is 1.54. The van der Waals surface area contributed by atoms with E-state index in [1.54, 1.807) is 12.4 Å². The molecule has 0 bridgehead atoms. The smallest absolute Gasteiger partial charge is 0.266 e. The molecule has 1 aliphatic heterocycles. The fourth-order valence-electron chi connectivity index (χ4n) is 3.64. The number of para-hydroxylation sites is 1. The van der Waals surface area contributed by atoms with Crippen LogP contribution in [0.15, 0.2) is 42.7 Å². The SMILES string of the molecule is Nc1c(C(=O)N2CCCCC2)sc2nc(-c3cnc4ccccc4c3)cnc12. The van der Waals surface area contributed by atoms with E-state index in [0.29, 0.717) is 20.9 Å². The number of pyridine rings is 1. The average molecular weight is 389 g/mol. The summed E-state index contributed by atoms with van der Waals surface area (Å²) in [6, 6.07) is 10.0. The summed E-state index contributed by atoms with van der Waals surface area (Å²) in [5.41, 5.74) is 9.85. The summed E-state index contributed by atoms with van der Waals surface area (Å²) in [5, 5.41) is 1.05. The Bertz CT molecular complexity index is 1200. The molecule has 1 fully saturated rings. The molecule has 0 saturated carbocycles. The first-order chi connectivity index (χ1) is 13.7. The summed E-state index contributed by atoms with van der Waals surface area (Å²) in [6.07, 6.45) is 6.78. The molecule has 6 nitrogen and oxygen atoms in total. The molecule has 4 aromatic rings. The highest BCUT2D eigenvalue weighted by Gasteiger charge is 2.24. The lowest BCUT2D eigenvalue weighted by Crippen LogP contribution is -2.35. The standard InChI is InChI=1S/C21H19N5OS/c22-17-18-20(28-19(17)21(27)26-8-4-1-5-9-26)25-16(12-24-18)14-10-13-6-2-3-7-15(13)23-11-14/h2-3,6-7,10-12H,1,4-5,8-9,22H2. The number of amides is 1. The quantitative estimate of drug-likeness (QED) is 0.557. The summed E-state index contributed by atoms with van der Waals surface area (Å²) < 4.78 is 0. The zero-order valence-electron chi connectivity index (χ0n) is 15.3. The van der Waals surface area contributed by atoms with Gasteiger partial charge in [-0.05, 0) is 31.4 Å². The summed E-state index contributed by atoms with van der Waals surface area (Å²) in [6.45, 7) is 1.59. The molecule has 0 atom stereocenters.